The third kappa shape index (κ3) is 5.19. The summed E-state index contributed by atoms with van der Waals surface area (Å²) in [5.41, 5.74) is 1.22. The van der Waals surface area contributed by atoms with E-state index in [1.807, 2.05) is 27.7 Å². The number of carbonyl (C=O) groups is 1. The highest BCUT2D eigenvalue weighted by Crippen LogP contribution is 2.35. The van der Waals surface area contributed by atoms with Crippen molar-refractivity contribution in [1.29, 1.82) is 0 Å². The molecule has 1 heterocycles. The maximum absolute atomic E-state index is 13.8. The van der Waals surface area contributed by atoms with Crippen molar-refractivity contribution in [1.82, 2.24) is 9.88 Å². The molecule has 3 rings (SSSR count). The highest BCUT2D eigenvalue weighted by atomic mass is 32.2. The van der Waals surface area contributed by atoms with Gasteiger partial charge in [-0.3, -0.25) is 0 Å². The summed E-state index contributed by atoms with van der Waals surface area (Å²) in [5, 5.41) is 0.596. The van der Waals surface area contributed by atoms with E-state index in [0.29, 0.717) is 28.6 Å². The minimum atomic E-state index is -2.68. The minimum Gasteiger partial charge on any atom is -0.408 e. The molecule has 2 aromatic carbocycles. The highest BCUT2D eigenvalue weighted by Gasteiger charge is 2.28. The number of benzene rings is 2. The molecule has 31 heavy (non-hydrogen) atoms. The first-order valence-electron chi connectivity index (χ1n) is 9.90. The van der Waals surface area contributed by atoms with Crippen molar-refractivity contribution < 1.29 is 22.3 Å². The van der Waals surface area contributed by atoms with Crippen molar-refractivity contribution in [3.8, 4) is 17.0 Å². The number of ether oxygens (including phenoxy) is 1. The fourth-order valence-corrected chi connectivity index (χ4v) is 4.00. The number of hydrogen-bond donors (Lipinski definition) is 1. The van der Waals surface area contributed by atoms with Gasteiger partial charge in [0.15, 0.2) is 5.75 Å². The van der Waals surface area contributed by atoms with Gasteiger partial charge in [0, 0.05) is 29.1 Å². The van der Waals surface area contributed by atoms with Crippen LogP contribution in [0.15, 0.2) is 48.5 Å². The van der Waals surface area contributed by atoms with Crippen molar-refractivity contribution in [2.75, 3.05) is 6.54 Å². The summed E-state index contributed by atoms with van der Waals surface area (Å²) in [6.07, 6.45) is -0.549. The zero-order valence-corrected chi connectivity index (χ0v) is 18.8. The molecule has 0 bridgehead atoms. The lowest BCUT2D eigenvalue weighted by atomic mass is 10.0. The van der Waals surface area contributed by atoms with E-state index in [1.54, 1.807) is 41.3 Å². The topological polar surface area (TPSA) is 76.6 Å². The number of thiol groups is 1. The number of carbonyl (C=O) groups excluding carboxylic acids is 1. The molecule has 0 saturated heterocycles. The van der Waals surface area contributed by atoms with Crippen LogP contribution in [0.1, 0.15) is 33.3 Å². The van der Waals surface area contributed by atoms with Crippen molar-refractivity contribution in [3.05, 3.63) is 59.9 Å². The summed E-state index contributed by atoms with van der Waals surface area (Å²) in [5.74, 6) is -0.456. The number of rotatable bonds is 5. The lowest BCUT2D eigenvalue weighted by molar-refractivity contribution is 0.111. The van der Waals surface area contributed by atoms with Gasteiger partial charge >= 0.3 is 6.09 Å². The first kappa shape index (κ1) is 22.7. The molecule has 0 atom stereocenters. The Morgan fingerprint density at radius 3 is 2.48 bits per heavy atom. The molecule has 3 aromatic rings. The van der Waals surface area contributed by atoms with Crippen LogP contribution in [0, 0.1) is 5.82 Å². The van der Waals surface area contributed by atoms with Gasteiger partial charge in [0.05, 0.1) is 11.3 Å². The smallest absolute Gasteiger partial charge is 0.408 e. The second-order valence-corrected chi connectivity index (χ2v) is 9.08. The number of hydrogen-bond acceptors (Lipinski definition) is 5. The molecule has 0 unspecified atom stereocenters. The van der Waals surface area contributed by atoms with Gasteiger partial charge in [-0.1, -0.05) is 24.3 Å². The van der Waals surface area contributed by atoms with E-state index in [9.17, 15) is 17.6 Å². The molecule has 0 N–H and O–H groups in total. The number of fused-ring (bicyclic) bond motifs is 1. The summed E-state index contributed by atoms with van der Waals surface area (Å²) in [6, 6.07) is 12.6. The molecular weight excluding hydrogens is 419 g/mol. The number of halogens is 1. The number of pyridine rings is 1. The molecule has 0 fully saturated rings. The Morgan fingerprint density at radius 2 is 1.84 bits per heavy atom. The van der Waals surface area contributed by atoms with Crippen molar-refractivity contribution in [2.24, 2.45) is 0 Å². The molecule has 1 amide bonds. The fourth-order valence-electron chi connectivity index (χ4n) is 3.45. The average molecular weight is 445 g/mol. The maximum Gasteiger partial charge on any atom is 0.415 e. The van der Waals surface area contributed by atoms with Gasteiger partial charge in [-0.2, -0.15) is 0 Å². The first-order valence-corrected chi connectivity index (χ1v) is 11.3. The number of nitrogens with zero attached hydrogens (tertiary/aromatic N) is 2. The van der Waals surface area contributed by atoms with Crippen LogP contribution in [0.4, 0.5) is 9.18 Å². The minimum absolute atomic E-state index is 0.181. The molecule has 6 nitrogen and oxygen atoms in total. The van der Waals surface area contributed by atoms with E-state index in [0.717, 1.165) is 0 Å². The van der Waals surface area contributed by atoms with Crippen LogP contribution in [0.25, 0.3) is 22.2 Å². The predicted octanol–water partition coefficient (Wildman–Crippen LogP) is 4.77. The monoisotopic (exact) mass is 444 g/mol. The van der Waals surface area contributed by atoms with E-state index >= 15 is 0 Å². The summed E-state index contributed by atoms with van der Waals surface area (Å²) in [7, 11) is -2.68. The third-order valence-corrected chi connectivity index (χ3v) is 5.46. The van der Waals surface area contributed by atoms with Crippen LogP contribution in [-0.4, -0.2) is 36.5 Å². The molecule has 0 aliphatic heterocycles. The number of amides is 1. The average Bonchev–Trinajstić information content (AvgIpc) is 2.67. The summed E-state index contributed by atoms with van der Waals surface area (Å²) < 4.78 is 42.3. The normalized spacial score (nSPS) is 11.7. The van der Waals surface area contributed by atoms with Gasteiger partial charge in [-0.05, 0) is 51.5 Å². The Labute approximate surface area is 182 Å². The summed E-state index contributed by atoms with van der Waals surface area (Å²) >= 11 is 0. The molecule has 0 aliphatic carbocycles. The van der Waals surface area contributed by atoms with Gasteiger partial charge < -0.3 is 9.64 Å². The van der Waals surface area contributed by atoms with E-state index in [2.05, 4.69) is 4.98 Å². The Balaban J connectivity index is 2.19. The third-order valence-electron chi connectivity index (χ3n) is 4.86. The second kappa shape index (κ2) is 9.01. The van der Waals surface area contributed by atoms with Gasteiger partial charge in [0.1, 0.15) is 22.2 Å². The molecular formula is C23H25FN2O4S. The van der Waals surface area contributed by atoms with Crippen LogP contribution in [-0.2, 0) is 16.5 Å². The molecule has 8 heteroatoms. The largest absolute Gasteiger partial charge is 0.415 e. The maximum atomic E-state index is 13.8. The van der Waals surface area contributed by atoms with Crippen LogP contribution < -0.4 is 4.74 Å². The quantitative estimate of drug-likeness (QED) is 0.574. The SMILES string of the molecule is CCN(C(=O)Oc1cc2ccc(F)cc2nc1-c1ccccc1C[SH](=O)=O)C(C)(C)C. The fraction of sp³-hybridized carbons (Fsp3) is 0.304. The molecule has 164 valence electrons. The lowest BCUT2D eigenvalue weighted by Crippen LogP contribution is -2.46. The standard InChI is InChI=1S/C23H25FN2O4S/c1-5-26(23(2,3)4)22(27)30-20-12-15-10-11-17(24)13-19(15)25-21(20)18-9-7-6-8-16(18)14-31(28)29/h6-13,31H,5,14H2,1-4H3. The first-order chi connectivity index (χ1) is 14.6. The van der Waals surface area contributed by atoms with E-state index in [-0.39, 0.29) is 17.2 Å². The zero-order valence-electron chi connectivity index (χ0n) is 17.9. The molecule has 1 aromatic heterocycles. The van der Waals surface area contributed by atoms with Crippen molar-refractivity contribution in [3.63, 3.8) is 0 Å². The second-order valence-electron chi connectivity index (χ2n) is 8.10. The molecule has 0 saturated carbocycles. The van der Waals surface area contributed by atoms with E-state index in [1.165, 1.54) is 12.1 Å². The zero-order chi connectivity index (χ0) is 22.8. The van der Waals surface area contributed by atoms with Gasteiger partial charge in [-0.25, -0.2) is 22.6 Å². The summed E-state index contributed by atoms with van der Waals surface area (Å²) in [4.78, 5) is 19.1. The Kier molecular flexibility index (Phi) is 6.59. The highest BCUT2D eigenvalue weighted by molar-refractivity contribution is 7.71. The van der Waals surface area contributed by atoms with Crippen LogP contribution in [0.2, 0.25) is 0 Å². The molecule has 0 radical (unpaired) electrons. The van der Waals surface area contributed by atoms with E-state index in [4.69, 9.17) is 4.74 Å². The van der Waals surface area contributed by atoms with Crippen molar-refractivity contribution in [2.45, 2.75) is 39.0 Å². The summed E-state index contributed by atoms with van der Waals surface area (Å²) in [6.45, 7) is 8.01. The van der Waals surface area contributed by atoms with Gasteiger partial charge in [0.2, 0.25) is 0 Å². The van der Waals surface area contributed by atoms with Gasteiger partial charge in [0.25, 0.3) is 0 Å². The van der Waals surface area contributed by atoms with Crippen LogP contribution in [0.5, 0.6) is 5.75 Å². The Hall–Kier alpha value is -3.00. The molecule has 0 spiro atoms. The molecule has 0 aliphatic rings. The Morgan fingerprint density at radius 1 is 1.13 bits per heavy atom. The van der Waals surface area contributed by atoms with Crippen LogP contribution in [0.3, 0.4) is 0 Å². The van der Waals surface area contributed by atoms with Crippen LogP contribution >= 0.6 is 0 Å². The Bertz CT molecular complexity index is 1190. The number of aromatic nitrogens is 1. The van der Waals surface area contributed by atoms with Crippen molar-refractivity contribution >= 4 is 27.7 Å². The predicted molar refractivity (Wildman–Crippen MR) is 119 cm³/mol. The lowest BCUT2D eigenvalue weighted by Gasteiger charge is -2.33. The van der Waals surface area contributed by atoms with Gasteiger partial charge in [-0.15, -0.1) is 0 Å². The van der Waals surface area contributed by atoms with E-state index < -0.39 is 28.2 Å².